The maximum absolute atomic E-state index is 13.4. The second-order valence-electron chi connectivity index (χ2n) is 12.7. The number of aromatic amines is 1. The highest BCUT2D eigenvalue weighted by Crippen LogP contribution is 2.45. The summed E-state index contributed by atoms with van der Waals surface area (Å²) in [6.07, 6.45) is -2.11. The number of H-pyrrole nitrogens is 1. The van der Waals surface area contributed by atoms with Gasteiger partial charge in [-0.2, -0.15) is 0 Å². The van der Waals surface area contributed by atoms with Gasteiger partial charge in [0.2, 0.25) is 24.2 Å². The molecule has 7 atom stereocenters. The average Bonchev–Trinajstić information content (AvgIpc) is 3.75. The lowest BCUT2D eigenvalue weighted by Gasteiger charge is -2.43. The van der Waals surface area contributed by atoms with Crippen LogP contribution in [0.1, 0.15) is 55.7 Å². The Balaban J connectivity index is 1.23. The van der Waals surface area contributed by atoms with Crippen molar-refractivity contribution in [2.24, 2.45) is 0 Å². The van der Waals surface area contributed by atoms with Gasteiger partial charge in [-0.15, -0.1) is 0 Å². The molecular formula is C36H35N3O12. The number of methoxy groups -OCH3 is 1. The van der Waals surface area contributed by atoms with E-state index in [0.717, 1.165) is 63.7 Å². The van der Waals surface area contributed by atoms with Crippen molar-refractivity contribution in [1.82, 2.24) is 14.9 Å². The first-order chi connectivity index (χ1) is 24.4. The number of hydrogen-bond donors (Lipinski definition) is 2. The number of carbonyl (C=O) groups is 6. The predicted octanol–water partition coefficient (Wildman–Crippen LogP) is 2.66. The summed E-state index contributed by atoms with van der Waals surface area (Å²) in [5, 5.41) is 4.14. The summed E-state index contributed by atoms with van der Waals surface area (Å²) in [5.41, 5.74) is 4.23. The van der Waals surface area contributed by atoms with Crippen LogP contribution >= 0.6 is 0 Å². The van der Waals surface area contributed by atoms with Crippen molar-refractivity contribution in [2.45, 2.75) is 82.7 Å². The summed E-state index contributed by atoms with van der Waals surface area (Å²) in [5.74, 6) is -5.58. The number of benzene rings is 2. The number of ether oxygens (including phenoxy) is 6. The number of hydrogen-bond acceptors (Lipinski definition) is 12. The quantitative estimate of drug-likeness (QED) is 0.155. The zero-order chi connectivity index (χ0) is 36.1. The number of rotatable bonds is 8. The molecule has 15 heteroatoms. The molecule has 2 amide bonds. The number of fused-ring (bicyclic) bond motifs is 1. The van der Waals surface area contributed by atoms with Gasteiger partial charge in [0, 0.05) is 62.1 Å². The molecule has 0 radical (unpaired) electrons. The van der Waals surface area contributed by atoms with Crippen LogP contribution in [0.3, 0.4) is 0 Å². The van der Waals surface area contributed by atoms with Gasteiger partial charge in [-0.3, -0.25) is 29.3 Å². The lowest BCUT2D eigenvalue weighted by molar-refractivity contribution is -0.282. The van der Waals surface area contributed by atoms with Gasteiger partial charge in [-0.25, -0.2) is 4.79 Å². The highest BCUT2D eigenvalue weighted by Gasteiger charge is 2.56. The summed E-state index contributed by atoms with van der Waals surface area (Å²) in [6, 6.07) is 10.9. The minimum absolute atomic E-state index is 0.173. The average molecular weight is 702 g/mol. The Morgan fingerprint density at radius 2 is 1.53 bits per heavy atom. The van der Waals surface area contributed by atoms with Gasteiger partial charge < -0.3 is 38.0 Å². The van der Waals surface area contributed by atoms with E-state index in [-0.39, 0.29) is 11.7 Å². The maximum Gasteiger partial charge on any atom is 0.339 e. The van der Waals surface area contributed by atoms with Gasteiger partial charge in [0.05, 0.1) is 24.5 Å². The second-order valence-corrected chi connectivity index (χ2v) is 12.7. The third-order valence-electron chi connectivity index (χ3n) is 9.44. The van der Waals surface area contributed by atoms with Crippen LogP contribution in [0.15, 0.2) is 48.8 Å². The Bertz CT molecular complexity index is 2100. The van der Waals surface area contributed by atoms with Gasteiger partial charge >= 0.3 is 23.9 Å². The van der Waals surface area contributed by atoms with Gasteiger partial charge in [0.1, 0.15) is 5.75 Å². The van der Waals surface area contributed by atoms with Crippen LogP contribution in [0.4, 0.5) is 0 Å². The van der Waals surface area contributed by atoms with Crippen LogP contribution in [0.5, 0.6) is 5.75 Å². The highest BCUT2D eigenvalue weighted by atomic mass is 16.7. The Morgan fingerprint density at radius 3 is 2.24 bits per heavy atom. The van der Waals surface area contributed by atoms with E-state index < -0.39 is 72.3 Å². The molecule has 2 fully saturated rings. The molecule has 2 aromatic carbocycles. The van der Waals surface area contributed by atoms with E-state index in [4.69, 9.17) is 28.4 Å². The highest BCUT2D eigenvalue weighted by molar-refractivity contribution is 6.13. The van der Waals surface area contributed by atoms with Crippen LogP contribution < -0.4 is 10.1 Å². The molecule has 51 heavy (non-hydrogen) atoms. The van der Waals surface area contributed by atoms with Crippen molar-refractivity contribution < 1.29 is 57.2 Å². The van der Waals surface area contributed by atoms with E-state index in [1.54, 1.807) is 24.4 Å². The predicted molar refractivity (Wildman–Crippen MR) is 175 cm³/mol. The molecule has 2 aromatic heterocycles. The minimum atomic E-state index is -1.62. The monoisotopic (exact) mass is 701 g/mol. The first kappa shape index (κ1) is 33.8. The van der Waals surface area contributed by atoms with E-state index >= 15 is 0 Å². The lowest BCUT2D eigenvalue weighted by atomic mass is 9.83. The number of nitrogens with one attached hydrogen (secondary N) is 2. The molecule has 3 aliphatic rings. The summed E-state index contributed by atoms with van der Waals surface area (Å²) in [4.78, 5) is 79.1. The van der Waals surface area contributed by atoms with E-state index in [1.165, 1.54) is 5.56 Å². The van der Waals surface area contributed by atoms with Crippen molar-refractivity contribution >= 4 is 57.5 Å². The second kappa shape index (κ2) is 13.2. The van der Waals surface area contributed by atoms with Gasteiger partial charge in [0.15, 0.2) is 18.3 Å². The topological polar surface area (TPSA) is 191 Å². The molecule has 15 nitrogen and oxygen atoms in total. The van der Waals surface area contributed by atoms with Crippen LogP contribution in [0.2, 0.25) is 0 Å². The van der Waals surface area contributed by atoms with Crippen LogP contribution in [0.25, 0.3) is 21.8 Å². The standard InChI is InChI=1S/C36H35N3O12/c1-16(40)47-29-30(48-17(2)41)32(49-18(3)42)36(51-31(29)35(45)46-4)50-20-10-11-21-23(14-37-25(21)13-20)26-27(34(44)38-33(26)43)24-15-39-12-6-8-19-7-5-9-22(24)28(19)39/h5,7,9-11,13-15,26-27,29-32,36-37H,6,8,12H2,1-4H3,(H,38,43,44)/t26-,27-,29-,30-,31-,32+,36?/m0/s1. The summed E-state index contributed by atoms with van der Waals surface area (Å²) < 4.78 is 35.2. The molecule has 0 bridgehead atoms. The molecule has 1 unspecified atom stereocenters. The molecule has 4 aromatic rings. The molecular weight excluding hydrogens is 666 g/mol. The number of esters is 4. The number of imide groups is 1. The fourth-order valence-corrected chi connectivity index (χ4v) is 7.52. The Morgan fingerprint density at radius 1 is 0.843 bits per heavy atom. The number of amides is 2. The van der Waals surface area contributed by atoms with Crippen LogP contribution in [-0.4, -0.2) is 83.1 Å². The number of carbonyl (C=O) groups excluding carboxylic acids is 6. The third-order valence-corrected chi connectivity index (χ3v) is 9.44. The Labute approximate surface area is 290 Å². The summed E-state index contributed by atoms with van der Waals surface area (Å²) in [6.45, 7) is 4.12. The SMILES string of the molecule is COC(=O)[C@H]1OC(Oc2ccc3c([C@@H]4C(=O)NC(=O)[C@H]4c4cn5c6c(cccc46)CCC5)c[nH]c3c2)[C@H](OC(C)=O)[C@@H](OC(C)=O)[C@@H]1OC(C)=O. The van der Waals surface area contributed by atoms with Crippen molar-refractivity contribution in [2.75, 3.05) is 7.11 Å². The number of para-hydroxylation sites is 1. The van der Waals surface area contributed by atoms with E-state index in [0.29, 0.717) is 16.5 Å². The first-order valence-corrected chi connectivity index (χ1v) is 16.4. The number of nitrogens with zero attached hydrogens (tertiary/aromatic N) is 1. The fraction of sp³-hybridized carbons (Fsp3) is 0.389. The zero-order valence-corrected chi connectivity index (χ0v) is 28.1. The van der Waals surface area contributed by atoms with E-state index in [2.05, 4.69) is 20.9 Å². The normalized spacial score (nSPS) is 25.7. The van der Waals surface area contributed by atoms with Gasteiger partial charge in [-0.1, -0.05) is 18.2 Å². The van der Waals surface area contributed by atoms with Crippen molar-refractivity contribution in [3.05, 3.63) is 65.5 Å². The first-order valence-electron chi connectivity index (χ1n) is 16.4. The molecule has 0 spiro atoms. The van der Waals surface area contributed by atoms with Crippen molar-refractivity contribution in [3.8, 4) is 5.75 Å². The van der Waals surface area contributed by atoms with Gasteiger partial charge in [-0.05, 0) is 41.7 Å². The Hall–Kier alpha value is -5.70. The molecule has 0 saturated carbocycles. The summed E-state index contributed by atoms with van der Waals surface area (Å²) >= 11 is 0. The number of aryl methyl sites for hydroxylation is 2. The smallest absolute Gasteiger partial charge is 0.339 e. The molecule has 5 heterocycles. The van der Waals surface area contributed by atoms with Crippen molar-refractivity contribution in [1.29, 1.82) is 0 Å². The maximum atomic E-state index is 13.4. The largest absolute Gasteiger partial charge is 0.467 e. The molecule has 7 rings (SSSR count). The third kappa shape index (κ3) is 6.07. The molecule has 266 valence electrons. The van der Waals surface area contributed by atoms with Crippen LogP contribution in [-0.2, 0) is 65.4 Å². The fourth-order valence-electron chi connectivity index (χ4n) is 7.52. The Kier molecular flexibility index (Phi) is 8.75. The zero-order valence-electron chi connectivity index (χ0n) is 28.1. The number of aromatic nitrogens is 2. The van der Waals surface area contributed by atoms with Crippen molar-refractivity contribution in [3.63, 3.8) is 0 Å². The van der Waals surface area contributed by atoms with E-state index in [1.807, 2.05) is 18.3 Å². The molecule has 3 aliphatic heterocycles. The minimum Gasteiger partial charge on any atom is -0.467 e. The van der Waals surface area contributed by atoms with Crippen LogP contribution in [0, 0.1) is 0 Å². The molecule has 2 N–H and O–H groups in total. The van der Waals surface area contributed by atoms with Gasteiger partial charge in [0.25, 0.3) is 0 Å². The summed E-state index contributed by atoms with van der Waals surface area (Å²) in [7, 11) is 1.09. The van der Waals surface area contributed by atoms with E-state index in [9.17, 15) is 28.8 Å². The molecule has 0 aliphatic carbocycles. The molecule has 2 saturated heterocycles. The lowest BCUT2D eigenvalue weighted by Crippen LogP contribution is -2.64.